The van der Waals surface area contributed by atoms with E-state index in [-0.39, 0.29) is 0 Å². The number of rotatable bonds is 5. The van der Waals surface area contributed by atoms with E-state index in [1.165, 1.54) is 5.69 Å². The number of carbonyl (C=O) groups is 1. The van der Waals surface area contributed by atoms with Gasteiger partial charge in [-0.05, 0) is 18.6 Å². The Morgan fingerprint density at radius 2 is 2.31 bits per heavy atom. The van der Waals surface area contributed by atoms with Crippen molar-refractivity contribution in [1.29, 1.82) is 0 Å². The summed E-state index contributed by atoms with van der Waals surface area (Å²) in [6.07, 6.45) is 4.82. The largest absolute Gasteiger partial charge is 0.339 e. The standard InChI is InChI=1S/C11H15NO/c1-3-5-10-6-7-11(9-13)12(10)8-4-2/h4,6-7,9H,2-3,5,8H2,1H3. The van der Waals surface area contributed by atoms with Crippen LogP contribution >= 0.6 is 0 Å². The fourth-order valence-corrected chi connectivity index (χ4v) is 1.46. The normalized spacial score (nSPS) is 9.92. The van der Waals surface area contributed by atoms with Gasteiger partial charge in [0.15, 0.2) is 6.29 Å². The Hall–Kier alpha value is -1.31. The molecule has 0 unspecified atom stereocenters. The van der Waals surface area contributed by atoms with E-state index in [0.717, 1.165) is 31.4 Å². The van der Waals surface area contributed by atoms with Crippen LogP contribution in [0.15, 0.2) is 24.8 Å². The molecule has 0 bridgehead atoms. The monoisotopic (exact) mass is 177 g/mol. The number of carbonyl (C=O) groups excluding carboxylic acids is 1. The molecule has 1 aromatic heterocycles. The van der Waals surface area contributed by atoms with Gasteiger partial charge in [-0.2, -0.15) is 0 Å². The first kappa shape index (κ1) is 9.78. The molecular formula is C11H15NO. The molecule has 2 heteroatoms. The van der Waals surface area contributed by atoms with Crippen LogP contribution in [0.1, 0.15) is 29.5 Å². The lowest BCUT2D eigenvalue weighted by atomic mass is 10.2. The van der Waals surface area contributed by atoms with E-state index >= 15 is 0 Å². The SMILES string of the molecule is C=CCn1c(C=O)ccc1CCC. The minimum atomic E-state index is 0.719. The maximum atomic E-state index is 10.7. The average molecular weight is 177 g/mol. The molecule has 1 rings (SSSR count). The van der Waals surface area contributed by atoms with Gasteiger partial charge < -0.3 is 4.57 Å². The molecule has 0 saturated heterocycles. The highest BCUT2D eigenvalue weighted by atomic mass is 16.1. The number of hydrogen-bond acceptors (Lipinski definition) is 1. The smallest absolute Gasteiger partial charge is 0.166 e. The molecule has 0 amide bonds. The molecule has 0 aliphatic carbocycles. The van der Waals surface area contributed by atoms with Crippen LogP contribution in [0, 0.1) is 0 Å². The van der Waals surface area contributed by atoms with Gasteiger partial charge in [0.2, 0.25) is 0 Å². The zero-order valence-corrected chi connectivity index (χ0v) is 7.99. The average Bonchev–Trinajstić information content (AvgIpc) is 2.50. The molecular weight excluding hydrogens is 162 g/mol. The van der Waals surface area contributed by atoms with Gasteiger partial charge in [0.1, 0.15) is 0 Å². The van der Waals surface area contributed by atoms with Gasteiger partial charge in [0.05, 0.1) is 5.69 Å². The van der Waals surface area contributed by atoms with Crippen LogP contribution in [0.3, 0.4) is 0 Å². The van der Waals surface area contributed by atoms with Gasteiger partial charge in [-0.15, -0.1) is 6.58 Å². The van der Waals surface area contributed by atoms with Crippen molar-refractivity contribution in [1.82, 2.24) is 4.57 Å². The molecule has 0 aliphatic heterocycles. The van der Waals surface area contributed by atoms with Gasteiger partial charge in [-0.25, -0.2) is 0 Å². The van der Waals surface area contributed by atoms with E-state index in [2.05, 4.69) is 13.5 Å². The third-order valence-electron chi connectivity index (χ3n) is 2.04. The number of nitrogens with zero attached hydrogens (tertiary/aromatic N) is 1. The highest BCUT2D eigenvalue weighted by Gasteiger charge is 2.04. The Labute approximate surface area is 78.9 Å². The first-order valence-corrected chi connectivity index (χ1v) is 4.58. The van der Waals surface area contributed by atoms with Crippen LogP contribution in [-0.4, -0.2) is 10.9 Å². The van der Waals surface area contributed by atoms with Gasteiger partial charge in [-0.3, -0.25) is 4.79 Å². The second-order valence-corrected chi connectivity index (χ2v) is 3.02. The van der Waals surface area contributed by atoms with Crippen LogP contribution in [0.25, 0.3) is 0 Å². The molecule has 0 spiro atoms. The Bertz CT molecular complexity index is 299. The van der Waals surface area contributed by atoms with Crippen molar-refractivity contribution in [3.05, 3.63) is 36.2 Å². The van der Waals surface area contributed by atoms with E-state index in [1.807, 2.05) is 22.8 Å². The first-order valence-electron chi connectivity index (χ1n) is 4.58. The molecule has 0 radical (unpaired) electrons. The predicted octanol–water partition coefficient (Wildman–Crippen LogP) is 2.44. The van der Waals surface area contributed by atoms with Crippen LogP contribution < -0.4 is 0 Å². The van der Waals surface area contributed by atoms with E-state index in [9.17, 15) is 4.79 Å². The quantitative estimate of drug-likeness (QED) is 0.500. The molecule has 1 heterocycles. The topological polar surface area (TPSA) is 22.0 Å². The van der Waals surface area contributed by atoms with Crippen molar-refractivity contribution in [2.45, 2.75) is 26.3 Å². The molecule has 70 valence electrons. The summed E-state index contributed by atoms with van der Waals surface area (Å²) in [7, 11) is 0. The Kier molecular flexibility index (Phi) is 3.50. The predicted molar refractivity (Wildman–Crippen MR) is 54.0 cm³/mol. The van der Waals surface area contributed by atoms with Gasteiger partial charge in [0.25, 0.3) is 0 Å². The minimum absolute atomic E-state index is 0.719. The lowest BCUT2D eigenvalue weighted by Gasteiger charge is -2.06. The molecule has 2 nitrogen and oxygen atoms in total. The maximum absolute atomic E-state index is 10.7. The highest BCUT2D eigenvalue weighted by molar-refractivity contribution is 5.72. The van der Waals surface area contributed by atoms with E-state index < -0.39 is 0 Å². The van der Waals surface area contributed by atoms with Crippen molar-refractivity contribution in [2.75, 3.05) is 0 Å². The van der Waals surface area contributed by atoms with Gasteiger partial charge in [0, 0.05) is 12.2 Å². The molecule has 1 aromatic rings. The maximum Gasteiger partial charge on any atom is 0.166 e. The van der Waals surface area contributed by atoms with Crippen LogP contribution in [0.2, 0.25) is 0 Å². The Balaban J connectivity index is 2.97. The van der Waals surface area contributed by atoms with Crippen LogP contribution in [-0.2, 0) is 13.0 Å². The number of aldehydes is 1. The summed E-state index contributed by atoms with van der Waals surface area (Å²) in [6, 6.07) is 3.87. The number of aryl methyl sites for hydroxylation is 1. The van der Waals surface area contributed by atoms with Crippen LogP contribution in [0.4, 0.5) is 0 Å². The van der Waals surface area contributed by atoms with Crippen molar-refractivity contribution in [3.8, 4) is 0 Å². The third-order valence-corrected chi connectivity index (χ3v) is 2.04. The summed E-state index contributed by atoms with van der Waals surface area (Å²) in [6.45, 7) is 6.52. The van der Waals surface area contributed by atoms with E-state index in [1.54, 1.807) is 0 Å². The highest BCUT2D eigenvalue weighted by Crippen LogP contribution is 2.09. The summed E-state index contributed by atoms with van der Waals surface area (Å²) < 4.78 is 2.00. The zero-order chi connectivity index (χ0) is 9.68. The van der Waals surface area contributed by atoms with Gasteiger partial charge >= 0.3 is 0 Å². The molecule has 0 aliphatic rings. The Morgan fingerprint density at radius 3 is 2.85 bits per heavy atom. The lowest BCUT2D eigenvalue weighted by molar-refractivity contribution is 0.111. The number of aromatic nitrogens is 1. The zero-order valence-electron chi connectivity index (χ0n) is 7.99. The lowest BCUT2D eigenvalue weighted by Crippen LogP contribution is -2.04. The van der Waals surface area contributed by atoms with Crippen molar-refractivity contribution >= 4 is 6.29 Å². The van der Waals surface area contributed by atoms with Crippen molar-refractivity contribution < 1.29 is 4.79 Å². The second-order valence-electron chi connectivity index (χ2n) is 3.02. The first-order chi connectivity index (χ1) is 6.33. The fraction of sp³-hybridized carbons (Fsp3) is 0.364. The molecule has 0 aromatic carbocycles. The molecule has 0 saturated carbocycles. The number of allylic oxidation sites excluding steroid dienone is 1. The molecule has 0 atom stereocenters. The van der Waals surface area contributed by atoms with Crippen LogP contribution in [0.5, 0.6) is 0 Å². The minimum Gasteiger partial charge on any atom is -0.339 e. The number of hydrogen-bond donors (Lipinski definition) is 0. The second kappa shape index (κ2) is 4.65. The summed E-state index contributed by atoms with van der Waals surface area (Å²) in [4.78, 5) is 10.7. The fourth-order valence-electron chi connectivity index (χ4n) is 1.46. The summed E-state index contributed by atoms with van der Waals surface area (Å²) in [5.41, 5.74) is 1.95. The molecule has 13 heavy (non-hydrogen) atoms. The summed E-state index contributed by atoms with van der Waals surface area (Å²) in [5, 5.41) is 0. The molecule has 0 N–H and O–H groups in total. The third kappa shape index (κ3) is 2.08. The summed E-state index contributed by atoms with van der Waals surface area (Å²) >= 11 is 0. The Morgan fingerprint density at radius 1 is 1.54 bits per heavy atom. The van der Waals surface area contributed by atoms with E-state index in [0.29, 0.717) is 0 Å². The van der Waals surface area contributed by atoms with Crippen molar-refractivity contribution in [2.24, 2.45) is 0 Å². The van der Waals surface area contributed by atoms with Crippen molar-refractivity contribution in [3.63, 3.8) is 0 Å². The van der Waals surface area contributed by atoms with Gasteiger partial charge in [-0.1, -0.05) is 19.4 Å². The van der Waals surface area contributed by atoms with E-state index in [4.69, 9.17) is 0 Å². The summed E-state index contributed by atoms with van der Waals surface area (Å²) in [5.74, 6) is 0. The molecule has 0 fully saturated rings.